The van der Waals surface area contributed by atoms with E-state index in [-0.39, 0.29) is 28.9 Å². The summed E-state index contributed by atoms with van der Waals surface area (Å²) in [5, 5.41) is 2.49. The fourth-order valence-corrected chi connectivity index (χ4v) is 2.65. The topological polar surface area (TPSA) is 77.5 Å². The molecular weight excluding hydrogens is 378 g/mol. The summed E-state index contributed by atoms with van der Waals surface area (Å²) in [4.78, 5) is 28.1. The van der Waals surface area contributed by atoms with Gasteiger partial charge in [0, 0.05) is 12.7 Å². The maximum Gasteiger partial charge on any atom is 0.341 e. The van der Waals surface area contributed by atoms with E-state index in [9.17, 15) is 18.4 Å². The van der Waals surface area contributed by atoms with Crippen LogP contribution in [0.2, 0.25) is 0 Å². The molecule has 0 radical (unpaired) electrons. The number of thioether (sulfide) groups is 1. The van der Waals surface area contributed by atoms with Crippen molar-refractivity contribution >= 4 is 23.6 Å². The van der Waals surface area contributed by atoms with Crippen molar-refractivity contribution in [1.82, 2.24) is 10.3 Å². The van der Waals surface area contributed by atoms with Gasteiger partial charge in [-0.1, -0.05) is 12.1 Å². The predicted octanol–water partition coefficient (Wildman–Crippen LogP) is 3.27. The minimum Gasteiger partial charge on any atom is -0.497 e. The van der Waals surface area contributed by atoms with E-state index in [0.29, 0.717) is 5.75 Å². The lowest BCUT2D eigenvalue weighted by atomic mass is 10.2. The third-order valence-electron chi connectivity index (χ3n) is 3.47. The molecule has 1 heterocycles. The Bertz CT molecular complexity index is 787. The van der Waals surface area contributed by atoms with Crippen LogP contribution < -0.4 is 10.1 Å². The van der Waals surface area contributed by atoms with Crippen molar-refractivity contribution in [2.24, 2.45) is 0 Å². The summed E-state index contributed by atoms with van der Waals surface area (Å²) in [6, 6.07) is 9.85. The molecule has 0 unspecified atom stereocenters. The van der Waals surface area contributed by atoms with E-state index >= 15 is 0 Å². The predicted molar refractivity (Wildman–Crippen MR) is 95.8 cm³/mol. The number of ether oxygens (including phenoxy) is 2. The third kappa shape index (κ3) is 6.21. The number of esters is 1. The van der Waals surface area contributed by atoms with Gasteiger partial charge in [0.1, 0.15) is 10.8 Å². The second kappa shape index (κ2) is 9.86. The van der Waals surface area contributed by atoms with E-state index in [1.54, 1.807) is 31.4 Å². The fraction of sp³-hybridized carbons (Fsp3) is 0.278. The lowest BCUT2D eigenvalue weighted by Crippen LogP contribution is -2.35. The first kappa shape index (κ1) is 20.6. The molecule has 0 aliphatic carbocycles. The largest absolute Gasteiger partial charge is 0.497 e. The number of carbonyl (C=O) groups excluding carboxylic acids is 2. The number of carbonyl (C=O) groups is 2. The zero-order valence-corrected chi connectivity index (χ0v) is 15.5. The Hall–Kier alpha value is -2.68. The van der Waals surface area contributed by atoms with Crippen LogP contribution in [0.5, 0.6) is 5.75 Å². The number of amides is 1. The molecule has 1 amide bonds. The fourth-order valence-electron chi connectivity index (χ4n) is 2.08. The maximum absolute atomic E-state index is 12.6. The molecule has 2 aromatic rings. The highest BCUT2D eigenvalue weighted by molar-refractivity contribution is 7.99. The van der Waals surface area contributed by atoms with Crippen molar-refractivity contribution in [3.8, 4) is 5.75 Å². The zero-order chi connectivity index (χ0) is 19.8. The average molecular weight is 396 g/mol. The number of halogens is 2. The maximum atomic E-state index is 12.6. The van der Waals surface area contributed by atoms with E-state index in [4.69, 9.17) is 9.47 Å². The standard InChI is InChI=1S/C18H18F2N2O4S/c1-11(15(23)22-10-12-5-7-13(25-2)8-6-12)26-17(24)14-4-3-9-21-16(14)27-18(19)20/h3-9,11,18H,10H2,1-2H3,(H,22,23)/t11-/m0/s1. The molecule has 2 rings (SSSR count). The summed E-state index contributed by atoms with van der Waals surface area (Å²) >= 11 is 0.143. The monoisotopic (exact) mass is 396 g/mol. The van der Waals surface area contributed by atoms with Crippen molar-refractivity contribution < 1.29 is 27.8 Å². The number of nitrogens with zero attached hydrogens (tertiary/aromatic N) is 1. The Morgan fingerprint density at radius 3 is 2.56 bits per heavy atom. The van der Waals surface area contributed by atoms with Gasteiger partial charge in [-0.3, -0.25) is 4.79 Å². The molecule has 0 saturated heterocycles. The molecule has 0 spiro atoms. The second-order valence-electron chi connectivity index (χ2n) is 5.35. The molecule has 9 heteroatoms. The number of alkyl halides is 2. The molecule has 1 aromatic heterocycles. The van der Waals surface area contributed by atoms with Gasteiger partial charge in [-0.05, 0) is 48.5 Å². The van der Waals surface area contributed by atoms with Crippen molar-refractivity contribution in [2.75, 3.05) is 7.11 Å². The van der Waals surface area contributed by atoms with Gasteiger partial charge in [0.2, 0.25) is 0 Å². The molecule has 0 aliphatic heterocycles. The minimum atomic E-state index is -2.73. The number of pyridine rings is 1. The van der Waals surface area contributed by atoms with E-state index in [2.05, 4.69) is 10.3 Å². The third-order valence-corrected chi connectivity index (χ3v) is 4.20. The van der Waals surface area contributed by atoms with Crippen molar-refractivity contribution in [3.63, 3.8) is 0 Å². The van der Waals surface area contributed by atoms with Gasteiger partial charge >= 0.3 is 5.97 Å². The summed E-state index contributed by atoms with van der Waals surface area (Å²) in [5.41, 5.74) is 0.725. The van der Waals surface area contributed by atoms with Gasteiger partial charge in [0.15, 0.2) is 6.10 Å². The van der Waals surface area contributed by atoms with Gasteiger partial charge < -0.3 is 14.8 Å². The van der Waals surface area contributed by atoms with Gasteiger partial charge in [0.05, 0.1) is 12.7 Å². The van der Waals surface area contributed by atoms with Gasteiger partial charge in [-0.2, -0.15) is 8.78 Å². The highest BCUT2D eigenvalue weighted by Crippen LogP contribution is 2.26. The number of hydrogen-bond donors (Lipinski definition) is 1. The molecule has 0 bridgehead atoms. The molecule has 1 N–H and O–H groups in total. The summed E-state index contributed by atoms with van der Waals surface area (Å²) < 4.78 is 35.3. The first-order valence-corrected chi connectivity index (χ1v) is 8.80. The molecule has 27 heavy (non-hydrogen) atoms. The Morgan fingerprint density at radius 2 is 1.93 bits per heavy atom. The van der Waals surface area contributed by atoms with E-state index in [1.807, 2.05) is 0 Å². The van der Waals surface area contributed by atoms with Crippen molar-refractivity contribution in [1.29, 1.82) is 0 Å². The molecule has 1 atom stereocenters. The Balaban J connectivity index is 1.92. The minimum absolute atomic E-state index is 0.113. The molecular formula is C18H18F2N2O4S. The first-order chi connectivity index (χ1) is 12.9. The summed E-state index contributed by atoms with van der Waals surface area (Å²) in [6.45, 7) is 1.64. The number of benzene rings is 1. The highest BCUT2D eigenvalue weighted by atomic mass is 32.2. The number of nitrogens with one attached hydrogen (secondary N) is 1. The van der Waals surface area contributed by atoms with Crippen LogP contribution in [-0.4, -0.2) is 35.8 Å². The van der Waals surface area contributed by atoms with Crippen LogP contribution in [0.15, 0.2) is 47.6 Å². The number of aromatic nitrogens is 1. The quantitative estimate of drug-likeness (QED) is 0.545. The first-order valence-electron chi connectivity index (χ1n) is 7.92. The van der Waals surface area contributed by atoms with Crippen LogP contribution in [0.1, 0.15) is 22.8 Å². The van der Waals surface area contributed by atoms with Gasteiger partial charge in [-0.25, -0.2) is 9.78 Å². The second-order valence-corrected chi connectivity index (χ2v) is 6.33. The SMILES string of the molecule is COc1ccc(CNC(=O)[C@H](C)OC(=O)c2cccnc2SC(F)F)cc1. The van der Waals surface area contributed by atoms with Crippen molar-refractivity contribution in [3.05, 3.63) is 53.7 Å². The van der Waals surface area contributed by atoms with Crippen LogP contribution in [0, 0.1) is 0 Å². The lowest BCUT2D eigenvalue weighted by Gasteiger charge is -2.14. The number of methoxy groups -OCH3 is 1. The Morgan fingerprint density at radius 1 is 1.22 bits per heavy atom. The van der Waals surface area contributed by atoms with Crippen LogP contribution >= 0.6 is 11.8 Å². The summed E-state index contributed by atoms with van der Waals surface area (Å²) in [7, 11) is 1.56. The van der Waals surface area contributed by atoms with E-state index in [0.717, 1.165) is 5.56 Å². The van der Waals surface area contributed by atoms with Gasteiger partial charge in [0.25, 0.3) is 11.7 Å². The molecule has 0 aliphatic rings. The Kier molecular flexibility index (Phi) is 7.54. The van der Waals surface area contributed by atoms with E-state index in [1.165, 1.54) is 25.3 Å². The van der Waals surface area contributed by atoms with Crippen LogP contribution in [0.4, 0.5) is 8.78 Å². The average Bonchev–Trinajstić information content (AvgIpc) is 2.66. The molecule has 1 aromatic carbocycles. The van der Waals surface area contributed by atoms with E-state index < -0.39 is 23.7 Å². The molecule has 0 fully saturated rings. The molecule has 144 valence electrons. The van der Waals surface area contributed by atoms with Gasteiger partial charge in [-0.15, -0.1) is 0 Å². The number of hydrogen-bond acceptors (Lipinski definition) is 6. The van der Waals surface area contributed by atoms with Crippen LogP contribution in [0.3, 0.4) is 0 Å². The summed E-state index contributed by atoms with van der Waals surface area (Å²) in [6.07, 6.45) is 0.201. The molecule has 0 saturated carbocycles. The molecule has 6 nitrogen and oxygen atoms in total. The normalized spacial score (nSPS) is 11.7. The zero-order valence-electron chi connectivity index (χ0n) is 14.6. The lowest BCUT2D eigenvalue weighted by molar-refractivity contribution is -0.129. The highest BCUT2D eigenvalue weighted by Gasteiger charge is 2.22. The Labute approximate surface area is 159 Å². The van der Waals surface area contributed by atoms with Crippen molar-refractivity contribution in [2.45, 2.75) is 30.4 Å². The van der Waals surface area contributed by atoms with Crippen LogP contribution in [0.25, 0.3) is 0 Å². The smallest absolute Gasteiger partial charge is 0.341 e. The summed E-state index contributed by atoms with van der Waals surface area (Å²) in [5.74, 6) is -3.43. The number of rotatable bonds is 8. The van der Waals surface area contributed by atoms with Crippen LogP contribution in [-0.2, 0) is 16.1 Å².